The van der Waals surface area contributed by atoms with Crippen molar-refractivity contribution in [1.29, 1.82) is 0 Å². The molecule has 0 unspecified atom stereocenters. The molecule has 4 heteroatoms. The van der Waals surface area contributed by atoms with Gasteiger partial charge in [0.15, 0.2) is 11.5 Å². The summed E-state index contributed by atoms with van der Waals surface area (Å²) in [5.41, 5.74) is 2.44. The van der Waals surface area contributed by atoms with Gasteiger partial charge in [0.1, 0.15) is 5.78 Å². The fraction of sp³-hybridized carbons (Fsp3) is 0.471. The van der Waals surface area contributed by atoms with E-state index >= 15 is 0 Å². The minimum Gasteiger partial charge on any atom is -0.490 e. The second kappa shape index (κ2) is 4.87. The molecule has 1 fully saturated rings. The van der Waals surface area contributed by atoms with E-state index in [1.54, 1.807) is 0 Å². The summed E-state index contributed by atoms with van der Waals surface area (Å²) >= 11 is 3.75. The summed E-state index contributed by atoms with van der Waals surface area (Å²) in [6.07, 6.45) is 6.19. The smallest absolute Gasteiger partial charge is 0.161 e. The number of ketones is 1. The van der Waals surface area contributed by atoms with Crippen LogP contribution >= 0.6 is 15.9 Å². The largest absolute Gasteiger partial charge is 0.490 e. The third-order valence-corrected chi connectivity index (χ3v) is 5.82. The molecule has 1 aromatic rings. The number of carbonyl (C=O) groups is 1. The van der Waals surface area contributed by atoms with Gasteiger partial charge in [0, 0.05) is 29.2 Å². The van der Waals surface area contributed by atoms with Crippen LogP contribution in [0.15, 0.2) is 16.6 Å². The summed E-state index contributed by atoms with van der Waals surface area (Å²) < 4.78 is 12.8. The quantitative estimate of drug-likeness (QED) is 0.711. The fourth-order valence-corrected chi connectivity index (χ4v) is 4.48. The van der Waals surface area contributed by atoms with Gasteiger partial charge in [-0.2, -0.15) is 0 Å². The van der Waals surface area contributed by atoms with Gasteiger partial charge in [0.2, 0.25) is 0 Å². The molecule has 0 amide bonds. The molecular formula is C17H17BrO3. The molecule has 0 radical (unpaired) electrons. The highest BCUT2D eigenvalue weighted by molar-refractivity contribution is 9.11. The maximum absolute atomic E-state index is 11.6. The van der Waals surface area contributed by atoms with Crippen molar-refractivity contribution in [2.45, 2.75) is 37.5 Å². The number of hydrogen-bond acceptors (Lipinski definition) is 3. The molecule has 1 spiro atoms. The number of rotatable bonds is 0. The molecule has 0 atom stereocenters. The predicted octanol–water partition coefficient (Wildman–Crippen LogP) is 3.98. The molecule has 0 N–H and O–H groups in total. The SMILES string of the molecule is O=C1CCC2(CC1)C(Br)=Cc1cc3c(cc12)OCCCO3. The van der Waals surface area contributed by atoms with Crippen molar-refractivity contribution in [2.24, 2.45) is 0 Å². The second-order valence-electron chi connectivity index (χ2n) is 6.05. The van der Waals surface area contributed by atoms with Gasteiger partial charge < -0.3 is 9.47 Å². The van der Waals surface area contributed by atoms with Gasteiger partial charge in [-0.3, -0.25) is 4.79 Å². The van der Waals surface area contributed by atoms with Crippen molar-refractivity contribution >= 4 is 27.8 Å². The Morgan fingerprint density at radius 2 is 1.71 bits per heavy atom. The van der Waals surface area contributed by atoms with Gasteiger partial charge in [-0.05, 0) is 42.2 Å². The first-order chi connectivity index (χ1) is 10.2. The molecule has 0 bridgehead atoms. The van der Waals surface area contributed by atoms with E-state index < -0.39 is 0 Å². The molecule has 1 heterocycles. The molecule has 21 heavy (non-hydrogen) atoms. The Kier molecular flexibility index (Phi) is 3.10. The zero-order valence-corrected chi connectivity index (χ0v) is 13.4. The Balaban J connectivity index is 1.80. The van der Waals surface area contributed by atoms with Crippen LogP contribution in [-0.4, -0.2) is 19.0 Å². The van der Waals surface area contributed by atoms with Crippen molar-refractivity contribution in [1.82, 2.24) is 0 Å². The Labute approximate surface area is 132 Å². The van der Waals surface area contributed by atoms with Crippen molar-refractivity contribution in [3.05, 3.63) is 27.7 Å². The van der Waals surface area contributed by atoms with E-state index in [2.05, 4.69) is 34.1 Å². The number of carbonyl (C=O) groups excluding carboxylic acids is 1. The third kappa shape index (κ3) is 2.03. The van der Waals surface area contributed by atoms with E-state index in [1.807, 2.05) is 0 Å². The molecule has 3 aliphatic rings. The number of ether oxygens (including phenoxy) is 2. The molecule has 110 valence electrons. The van der Waals surface area contributed by atoms with E-state index in [1.165, 1.54) is 15.6 Å². The normalized spacial score (nSPS) is 22.7. The molecule has 1 aliphatic heterocycles. The maximum atomic E-state index is 11.6. The average molecular weight is 349 g/mol. The highest BCUT2D eigenvalue weighted by atomic mass is 79.9. The van der Waals surface area contributed by atoms with Crippen molar-refractivity contribution in [3.8, 4) is 11.5 Å². The highest BCUT2D eigenvalue weighted by Crippen LogP contribution is 2.54. The average Bonchev–Trinajstić information content (AvgIpc) is 2.65. The maximum Gasteiger partial charge on any atom is 0.161 e. The number of hydrogen-bond donors (Lipinski definition) is 0. The van der Waals surface area contributed by atoms with Crippen LogP contribution in [0.4, 0.5) is 0 Å². The predicted molar refractivity (Wildman–Crippen MR) is 84.1 cm³/mol. The second-order valence-corrected chi connectivity index (χ2v) is 6.90. The Morgan fingerprint density at radius 3 is 2.43 bits per heavy atom. The lowest BCUT2D eigenvalue weighted by Gasteiger charge is -2.35. The first-order valence-electron chi connectivity index (χ1n) is 7.52. The van der Waals surface area contributed by atoms with Crippen LogP contribution in [0.3, 0.4) is 0 Å². The fourth-order valence-electron chi connectivity index (χ4n) is 3.63. The van der Waals surface area contributed by atoms with E-state index in [4.69, 9.17) is 9.47 Å². The van der Waals surface area contributed by atoms with Crippen molar-refractivity contribution in [3.63, 3.8) is 0 Å². The van der Waals surface area contributed by atoms with Gasteiger partial charge in [-0.1, -0.05) is 15.9 Å². The first-order valence-corrected chi connectivity index (χ1v) is 8.32. The molecule has 4 rings (SSSR count). The minimum atomic E-state index is -0.0338. The zero-order valence-electron chi connectivity index (χ0n) is 11.8. The number of halogens is 1. The lowest BCUT2D eigenvalue weighted by Crippen LogP contribution is -2.30. The lowest BCUT2D eigenvalue weighted by atomic mass is 9.70. The number of Topliss-reactive ketones (excluding diaryl/α,β-unsaturated/α-hetero) is 1. The van der Waals surface area contributed by atoms with Crippen LogP contribution in [0.25, 0.3) is 6.08 Å². The summed E-state index contributed by atoms with van der Waals surface area (Å²) in [5, 5.41) is 0. The molecule has 1 aromatic carbocycles. The number of fused-ring (bicyclic) bond motifs is 3. The van der Waals surface area contributed by atoms with Crippen LogP contribution in [0, 0.1) is 0 Å². The van der Waals surface area contributed by atoms with Gasteiger partial charge in [-0.15, -0.1) is 0 Å². The van der Waals surface area contributed by atoms with Crippen LogP contribution in [0.1, 0.15) is 43.2 Å². The summed E-state index contributed by atoms with van der Waals surface area (Å²) in [6, 6.07) is 4.22. The van der Waals surface area contributed by atoms with Gasteiger partial charge in [0.25, 0.3) is 0 Å². The minimum absolute atomic E-state index is 0.0338. The van der Waals surface area contributed by atoms with Crippen LogP contribution < -0.4 is 9.47 Å². The van der Waals surface area contributed by atoms with Crippen LogP contribution in [-0.2, 0) is 10.2 Å². The monoisotopic (exact) mass is 348 g/mol. The van der Waals surface area contributed by atoms with E-state index in [0.717, 1.165) is 30.8 Å². The summed E-state index contributed by atoms with van der Waals surface area (Å²) in [6.45, 7) is 1.40. The molecule has 1 saturated carbocycles. The van der Waals surface area contributed by atoms with E-state index in [9.17, 15) is 4.79 Å². The summed E-state index contributed by atoms with van der Waals surface area (Å²) in [4.78, 5) is 11.6. The summed E-state index contributed by atoms with van der Waals surface area (Å²) in [5.74, 6) is 2.06. The molecule has 3 nitrogen and oxygen atoms in total. The van der Waals surface area contributed by atoms with Gasteiger partial charge in [0.05, 0.1) is 13.2 Å². The molecular weight excluding hydrogens is 332 g/mol. The Morgan fingerprint density at radius 1 is 1.05 bits per heavy atom. The molecule has 2 aliphatic carbocycles. The van der Waals surface area contributed by atoms with E-state index in [0.29, 0.717) is 31.8 Å². The van der Waals surface area contributed by atoms with Crippen LogP contribution in [0.5, 0.6) is 11.5 Å². The number of allylic oxidation sites excluding steroid dienone is 1. The van der Waals surface area contributed by atoms with Crippen LogP contribution in [0.2, 0.25) is 0 Å². The summed E-state index contributed by atoms with van der Waals surface area (Å²) in [7, 11) is 0. The van der Waals surface area contributed by atoms with Crippen molar-refractivity contribution < 1.29 is 14.3 Å². The van der Waals surface area contributed by atoms with Crippen molar-refractivity contribution in [2.75, 3.05) is 13.2 Å². The highest BCUT2D eigenvalue weighted by Gasteiger charge is 2.43. The molecule has 0 saturated heterocycles. The Hall–Kier alpha value is -1.29. The standard InChI is InChI=1S/C17H17BrO3/c18-16-9-11-8-14-15(21-7-1-6-20-14)10-13(11)17(16)4-2-12(19)3-5-17/h8-10H,1-7H2. The van der Waals surface area contributed by atoms with Gasteiger partial charge in [-0.25, -0.2) is 0 Å². The first kappa shape index (κ1) is 13.4. The number of benzene rings is 1. The lowest BCUT2D eigenvalue weighted by molar-refractivity contribution is -0.121. The van der Waals surface area contributed by atoms with E-state index in [-0.39, 0.29) is 5.41 Å². The third-order valence-electron chi connectivity index (χ3n) is 4.84. The zero-order chi connectivity index (χ0) is 14.4. The topological polar surface area (TPSA) is 35.5 Å². The van der Waals surface area contributed by atoms with Gasteiger partial charge >= 0.3 is 0 Å². The Bertz CT molecular complexity index is 638. The molecule has 0 aromatic heterocycles.